The molecule has 1 saturated carbocycles. The summed E-state index contributed by atoms with van der Waals surface area (Å²) in [6.45, 7) is 2.50. The van der Waals surface area contributed by atoms with Gasteiger partial charge in [0, 0.05) is 18.2 Å². The highest BCUT2D eigenvalue weighted by Crippen LogP contribution is 2.24. The van der Waals surface area contributed by atoms with Crippen molar-refractivity contribution in [1.82, 2.24) is 9.97 Å². The molecule has 1 aromatic rings. The predicted octanol–water partition coefficient (Wildman–Crippen LogP) is 1.62. The van der Waals surface area contributed by atoms with Crippen LogP contribution in [0.4, 0.5) is 5.95 Å². The lowest BCUT2D eigenvalue weighted by Gasteiger charge is -2.27. The highest BCUT2D eigenvalue weighted by molar-refractivity contribution is 5.33. The number of rotatable bonds is 3. The summed E-state index contributed by atoms with van der Waals surface area (Å²) in [5, 5.41) is 21.8. The van der Waals surface area contributed by atoms with Gasteiger partial charge in [0.25, 0.3) is 0 Å². The summed E-state index contributed by atoms with van der Waals surface area (Å²) in [6, 6.07) is 3.67. The topological polar surface area (TPSA) is 81.8 Å². The molecule has 0 bridgehead atoms. The number of anilines is 1. The van der Waals surface area contributed by atoms with Gasteiger partial charge in [-0.2, -0.15) is 5.26 Å². The van der Waals surface area contributed by atoms with Crippen molar-refractivity contribution in [3.05, 3.63) is 17.5 Å². The molecule has 0 spiro atoms. The second-order valence-corrected chi connectivity index (χ2v) is 4.82. The molecule has 96 valence electrons. The Morgan fingerprint density at radius 1 is 1.44 bits per heavy atom. The molecule has 0 amide bonds. The maximum atomic E-state index is 9.87. The van der Waals surface area contributed by atoms with Gasteiger partial charge in [-0.25, -0.2) is 9.97 Å². The van der Waals surface area contributed by atoms with Crippen molar-refractivity contribution in [3.63, 3.8) is 0 Å². The van der Waals surface area contributed by atoms with Crippen molar-refractivity contribution in [2.45, 2.75) is 38.7 Å². The maximum Gasteiger partial charge on any atom is 0.224 e. The number of nitrogens with zero attached hydrogens (tertiary/aromatic N) is 3. The van der Waals surface area contributed by atoms with Gasteiger partial charge in [0.2, 0.25) is 5.95 Å². The Kier molecular flexibility index (Phi) is 4.11. The molecule has 2 atom stereocenters. The third-order valence-electron chi connectivity index (χ3n) is 3.36. The minimum absolute atomic E-state index is 0.230. The fourth-order valence-corrected chi connectivity index (χ4v) is 2.35. The van der Waals surface area contributed by atoms with Crippen LogP contribution in [-0.2, 0) is 0 Å². The van der Waals surface area contributed by atoms with Crippen LogP contribution in [0.5, 0.6) is 0 Å². The van der Waals surface area contributed by atoms with Gasteiger partial charge in [-0.15, -0.1) is 0 Å². The second-order valence-electron chi connectivity index (χ2n) is 4.82. The predicted molar refractivity (Wildman–Crippen MR) is 67.9 cm³/mol. The molecule has 1 aromatic heterocycles. The molecule has 18 heavy (non-hydrogen) atoms. The van der Waals surface area contributed by atoms with Crippen LogP contribution in [0.3, 0.4) is 0 Å². The molecule has 2 unspecified atom stereocenters. The summed E-state index contributed by atoms with van der Waals surface area (Å²) >= 11 is 0. The summed E-state index contributed by atoms with van der Waals surface area (Å²) in [4.78, 5) is 8.33. The molecular weight excluding hydrogens is 228 g/mol. The van der Waals surface area contributed by atoms with E-state index in [1.54, 1.807) is 6.07 Å². The summed E-state index contributed by atoms with van der Waals surface area (Å²) in [6.07, 6.45) is 3.96. The Labute approximate surface area is 107 Å². The van der Waals surface area contributed by atoms with Crippen molar-refractivity contribution in [3.8, 4) is 6.07 Å². The fourth-order valence-electron chi connectivity index (χ4n) is 2.35. The van der Waals surface area contributed by atoms with Gasteiger partial charge in [-0.05, 0) is 25.8 Å². The Bertz CT molecular complexity index is 455. The van der Waals surface area contributed by atoms with Crippen LogP contribution < -0.4 is 5.32 Å². The molecule has 1 aliphatic carbocycles. The summed E-state index contributed by atoms with van der Waals surface area (Å²) < 4.78 is 0. The van der Waals surface area contributed by atoms with Crippen LogP contribution >= 0.6 is 0 Å². The molecule has 2 N–H and O–H groups in total. The summed E-state index contributed by atoms with van der Waals surface area (Å²) in [7, 11) is 0. The van der Waals surface area contributed by atoms with Crippen LogP contribution in [0, 0.1) is 24.2 Å². The Morgan fingerprint density at radius 2 is 2.22 bits per heavy atom. The Hall–Kier alpha value is -1.67. The van der Waals surface area contributed by atoms with E-state index in [-0.39, 0.29) is 12.0 Å². The van der Waals surface area contributed by atoms with Crippen LogP contribution in [-0.4, -0.2) is 27.7 Å². The largest absolute Gasteiger partial charge is 0.393 e. The van der Waals surface area contributed by atoms with E-state index >= 15 is 0 Å². The van der Waals surface area contributed by atoms with Gasteiger partial charge in [-0.1, -0.05) is 12.8 Å². The highest BCUT2D eigenvalue weighted by atomic mass is 16.3. The van der Waals surface area contributed by atoms with Gasteiger partial charge in [0.1, 0.15) is 11.8 Å². The minimum Gasteiger partial charge on any atom is -0.393 e. The molecule has 1 heterocycles. The molecule has 2 rings (SSSR count). The maximum absolute atomic E-state index is 9.87. The Morgan fingerprint density at radius 3 is 2.94 bits per heavy atom. The minimum atomic E-state index is -0.230. The van der Waals surface area contributed by atoms with Crippen molar-refractivity contribution in [1.29, 1.82) is 5.26 Å². The lowest BCUT2D eigenvalue weighted by atomic mass is 9.86. The number of nitrogens with one attached hydrogen (secondary N) is 1. The lowest BCUT2D eigenvalue weighted by Crippen LogP contribution is -2.30. The fraction of sp³-hybridized carbons (Fsp3) is 0.615. The number of aromatic nitrogens is 2. The number of aliphatic hydroxyl groups is 1. The van der Waals surface area contributed by atoms with Gasteiger partial charge in [0.05, 0.1) is 6.10 Å². The molecule has 1 fully saturated rings. The zero-order valence-electron chi connectivity index (χ0n) is 10.6. The van der Waals surface area contributed by atoms with E-state index in [1.807, 2.05) is 13.0 Å². The zero-order chi connectivity index (χ0) is 13.0. The first-order valence-electron chi connectivity index (χ1n) is 6.37. The van der Waals surface area contributed by atoms with Crippen LogP contribution in [0.2, 0.25) is 0 Å². The van der Waals surface area contributed by atoms with Gasteiger partial charge in [0.15, 0.2) is 0 Å². The van der Waals surface area contributed by atoms with Crippen LogP contribution in [0.15, 0.2) is 6.07 Å². The molecule has 0 aliphatic heterocycles. The molecule has 0 aromatic carbocycles. The molecule has 0 radical (unpaired) electrons. The van der Waals surface area contributed by atoms with E-state index < -0.39 is 0 Å². The molecular formula is C13H18N4O. The van der Waals surface area contributed by atoms with Crippen molar-refractivity contribution in [2.75, 3.05) is 11.9 Å². The van der Waals surface area contributed by atoms with E-state index in [9.17, 15) is 5.11 Å². The number of hydrogen-bond donors (Lipinski definition) is 2. The highest BCUT2D eigenvalue weighted by Gasteiger charge is 2.22. The first-order valence-corrected chi connectivity index (χ1v) is 6.37. The van der Waals surface area contributed by atoms with Gasteiger partial charge < -0.3 is 10.4 Å². The van der Waals surface area contributed by atoms with Crippen molar-refractivity contribution in [2.24, 2.45) is 5.92 Å². The van der Waals surface area contributed by atoms with E-state index in [0.29, 0.717) is 18.2 Å². The average molecular weight is 246 g/mol. The van der Waals surface area contributed by atoms with Crippen LogP contribution in [0.25, 0.3) is 0 Å². The number of nitriles is 1. The van der Waals surface area contributed by atoms with Crippen LogP contribution in [0.1, 0.15) is 37.1 Å². The smallest absolute Gasteiger partial charge is 0.224 e. The first kappa shape index (κ1) is 12.8. The summed E-state index contributed by atoms with van der Waals surface area (Å²) in [5.74, 6) is 0.734. The standard InChI is InChI=1S/C13H18N4O/c1-9-6-11(7-14)17-13(16-9)15-8-10-4-2-3-5-12(10)18/h6,10,12,18H,2-5,8H2,1H3,(H,15,16,17). The molecule has 5 heteroatoms. The lowest BCUT2D eigenvalue weighted by molar-refractivity contribution is 0.0762. The van der Waals surface area contributed by atoms with E-state index in [4.69, 9.17) is 5.26 Å². The first-order chi connectivity index (χ1) is 8.69. The Balaban J connectivity index is 1.97. The second kappa shape index (κ2) is 5.78. The zero-order valence-corrected chi connectivity index (χ0v) is 10.6. The van der Waals surface area contributed by atoms with Gasteiger partial charge in [-0.3, -0.25) is 0 Å². The molecule has 5 nitrogen and oxygen atoms in total. The molecule has 0 saturated heterocycles. The van der Waals surface area contributed by atoms with E-state index in [1.165, 1.54) is 6.42 Å². The third-order valence-corrected chi connectivity index (χ3v) is 3.36. The summed E-state index contributed by atoms with van der Waals surface area (Å²) in [5.41, 5.74) is 1.14. The monoisotopic (exact) mass is 246 g/mol. The average Bonchev–Trinajstić information content (AvgIpc) is 2.37. The van der Waals surface area contributed by atoms with Crippen molar-refractivity contribution >= 4 is 5.95 Å². The third kappa shape index (κ3) is 3.17. The molecule has 1 aliphatic rings. The van der Waals surface area contributed by atoms with Gasteiger partial charge >= 0.3 is 0 Å². The number of aryl methyl sites for hydroxylation is 1. The number of aliphatic hydroxyl groups excluding tert-OH is 1. The SMILES string of the molecule is Cc1cc(C#N)nc(NCC2CCCCC2O)n1. The number of hydrogen-bond acceptors (Lipinski definition) is 5. The normalized spacial score (nSPS) is 23.4. The van der Waals surface area contributed by atoms with E-state index in [0.717, 1.165) is 25.0 Å². The van der Waals surface area contributed by atoms with E-state index in [2.05, 4.69) is 15.3 Å². The van der Waals surface area contributed by atoms with Crippen molar-refractivity contribution < 1.29 is 5.11 Å². The quantitative estimate of drug-likeness (QED) is 0.847.